The number of nitrogens with one attached hydrogen (secondary N) is 2. The molecule has 2 aromatic heterocycles. The first-order valence-electron chi connectivity index (χ1n) is 11.3. The highest BCUT2D eigenvalue weighted by molar-refractivity contribution is 7.10. The van der Waals surface area contributed by atoms with Crippen molar-refractivity contribution in [2.45, 2.75) is 25.4 Å². The highest BCUT2D eigenvalue weighted by Gasteiger charge is 2.24. The van der Waals surface area contributed by atoms with E-state index >= 15 is 0 Å². The van der Waals surface area contributed by atoms with Gasteiger partial charge in [-0.2, -0.15) is 0 Å². The molecule has 2 saturated heterocycles. The molecule has 0 saturated carbocycles. The number of rotatable bonds is 7. The maximum Gasteiger partial charge on any atom is 0.191 e. The Morgan fingerprint density at radius 3 is 2.61 bits per heavy atom. The van der Waals surface area contributed by atoms with Gasteiger partial charge in [-0.15, -0.1) is 11.3 Å². The molecule has 0 aliphatic carbocycles. The van der Waals surface area contributed by atoms with Gasteiger partial charge in [-0.05, 0) is 50.5 Å². The summed E-state index contributed by atoms with van der Waals surface area (Å²) in [6.45, 7) is 8.12. The highest BCUT2D eigenvalue weighted by Crippen LogP contribution is 2.27. The third kappa shape index (κ3) is 5.75. The molecular weight excluding hydrogens is 406 g/mol. The zero-order valence-corrected chi connectivity index (χ0v) is 19.6. The average Bonchev–Trinajstić information content (AvgIpc) is 3.52. The number of likely N-dealkylation sites (N-methyl/N-ethyl adjacent to an activating group) is 1. The summed E-state index contributed by atoms with van der Waals surface area (Å²) in [6.07, 6.45) is 4.49. The Bertz CT molecular complexity index is 824. The zero-order valence-electron chi connectivity index (χ0n) is 18.8. The number of pyridine rings is 1. The van der Waals surface area contributed by atoms with E-state index in [2.05, 4.69) is 61.0 Å². The van der Waals surface area contributed by atoms with Crippen LogP contribution in [0.4, 0.5) is 5.82 Å². The molecule has 0 bridgehead atoms. The smallest absolute Gasteiger partial charge is 0.191 e. The van der Waals surface area contributed by atoms with Gasteiger partial charge in [0.2, 0.25) is 0 Å². The van der Waals surface area contributed by atoms with Gasteiger partial charge in [0.25, 0.3) is 0 Å². The lowest BCUT2D eigenvalue weighted by Gasteiger charge is -2.34. The molecule has 168 valence electrons. The number of guanidine groups is 1. The van der Waals surface area contributed by atoms with E-state index in [1.54, 1.807) is 0 Å². The Hall–Kier alpha value is -2.16. The van der Waals surface area contributed by atoms with Crippen LogP contribution < -0.4 is 15.5 Å². The van der Waals surface area contributed by atoms with E-state index in [1.807, 2.05) is 30.6 Å². The Morgan fingerprint density at radius 1 is 1.10 bits per heavy atom. The number of piperazine rings is 1. The molecule has 7 nitrogen and oxygen atoms in total. The van der Waals surface area contributed by atoms with Crippen LogP contribution in [-0.4, -0.2) is 80.7 Å². The van der Waals surface area contributed by atoms with Crippen molar-refractivity contribution in [3.8, 4) is 0 Å². The number of likely N-dealkylation sites (tertiary alicyclic amines) is 1. The normalized spacial score (nSPS) is 19.5. The Kier molecular flexibility index (Phi) is 7.77. The molecule has 0 amide bonds. The third-order valence-electron chi connectivity index (χ3n) is 6.26. The van der Waals surface area contributed by atoms with E-state index in [4.69, 9.17) is 4.98 Å². The fourth-order valence-corrected chi connectivity index (χ4v) is 5.27. The van der Waals surface area contributed by atoms with Crippen LogP contribution in [-0.2, 0) is 6.54 Å². The van der Waals surface area contributed by atoms with Crippen LogP contribution >= 0.6 is 11.3 Å². The Balaban J connectivity index is 1.36. The van der Waals surface area contributed by atoms with E-state index in [0.717, 1.165) is 44.5 Å². The number of hydrogen-bond acceptors (Lipinski definition) is 6. The number of aromatic nitrogens is 1. The summed E-state index contributed by atoms with van der Waals surface area (Å²) >= 11 is 1.85. The van der Waals surface area contributed by atoms with Crippen LogP contribution in [0.5, 0.6) is 0 Å². The zero-order chi connectivity index (χ0) is 21.5. The van der Waals surface area contributed by atoms with Crippen molar-refractivity contribution in [2.24, 2.45) is 4.99 Å². The summed E-state index contributed by atoms with van der Waals surface area (Å²) in [7, 11) is 4.02. The number of thiophene rings is 1. The summed E-state index contributed by atoms with van der Waals surface area (Å²) in [5.74, 6) is 1.93. The van der Waals surface area contributed by atoms with Crippen molar-refractivity contribution in [1.82, 2.24) is 25.4 Å². The van der Waals surface area contributed by atoms with Crippen molar-refractivity contribution in [3.05, 3.63) is 46.3 Å². The van der Waals surface area contributed by atoms with Crippen molar-refractivity contribution < 1.29 is 0 Å². The van der Waals surface area contributed by atoms with Crippen molar-refractivity contribution >= 4 is 23.1 Å². The molecule has 4 rings (SSSR count). The molecule has 0 spiro atoms. The van der Waals surface area contributed by atoms with Gasteiger partial charge in [0.15, 0.2) is 5.96 Å². The van der Waals surface area contributed by atoms with Crippen LogP contribution in [0.3, 0.4) is 0 Å². The molecule has 2 N–H and O–H groups in total. The molecule has 1 atom stereocenters. The highest BCUT2D eigenvalue weighted by atomic mass is 32.1. The van der Waals surface area contributed by atoms with Gasteiger partial charge < -0.3 is 20.4 Å². The van der Waals surface area contributed by atoms with Crippen LogP contribution in [0.2, 0.25) is 0 Å². The fraction of sp³-hybridized carbons (Fsp3) is 0.565. The fourth-order valence-electron chi connectivity index (χ4n) is 4.41. The molecule has 4 heterocycles. The largest absolute Gasteiger partial charge is 0.354 e. The molecule has 2 aromatic rings. The van der Waals surface area contributed by atoms with Gasteiger partial charge >= 0.3 is 0 Å². The van der Waals surface area contributed by atoms with E-state index in [9.17, 15) is 0 Å². The van der Waals surface area contributed by atoms with Gasteiger partial charge in [-0.25, -0.2) is 4.98 Å². The van der Waals surface area contributed by atoms with Crippen LogP contribution in [0.15, 0.2) is 40.8 Å². The van der Waals surface area contributed by atoms with Gasteiger partial charge in [-0.3, -0.25) is 9.89 Å². The molecule has 0 aromatic carbocycles. The Labute approximate surface area is 190 Å². The number of aliphatic imine (C=N–C) groups is 1. The van der Waals surface area contributed by atoms with Crippen LogP contribution in [0.25, 0.3) is 0 Å². The number of anilines is 1. The SMILES string of the molecule is CN=C(NCc1cccnc1N1CCN(C)CC1)NCC(c1cccs1)N1CCCC1. The molecular formula is C23H35N7S. The quantitative estimate of drug-likeness (QED) is 0.508. The summed E-state index contributed by atoms with van der Waals surface area (Å²) < 4.78 is 0. The summed E-state index contributed by atoms with van der Waals surface area (Å²) in [5.41, 5.74) is 1.21. The average molecular weight is 442 g/mol. The van der Waals surface area contributed by atoms with Crippen molar-refractivity contribution in [2.75, 3.05) is 64.8 Å². The second-order valence-corrected chi connectivity index (χ2v) is 9.34. The van der Waals surface area contributed by atoms with Crippen molar-refractivity contribution in [3.63, 3.8) is 0 Å². The summed E-state index contributed by atoms with van der Waals surface area (Å²) in [5, 5.41) is 9.26. The summed E-state index contributed by atoms with van der Waals surface area (Å²) in [6, 6.07) is 8.99. The first-order chi connectivity index (χ1) is 15.2. The first-order valence-corrected chi connectivity index (χ1v) is 12.2. The van der Waals surface area contributed by atoms with Gasteiger partial charge in [-0.1, -0.05) is 12.1 Å². The maximum atomic E-state index is 4.69. The van der Waals surface area contributed by atoms with E-state index in [1.165, 1.54) is 36.4 Å². The molecule has 2 aliphatic heterocycles. The lowest BCUT2D eigenvalue weighted by molar-refractivity contribution is 0.249. The predicted molar refractivity (Wildman–Crippen MR) is 130 cm³/mol. The molecule has 8 heteroatoms. The number of nitrogens with zero attached hydrogens (tertiary/aromatic N) is 5. The topological polar surface area (TPSA) is 59.0 Å². The standard InChI is InChI=1S/C23H35N7S/c1-24-23(27-18-20(21-8-6-16-31-21)29-10-3-4-11-29)26-17-19-7-5-9-25-22(19)30-14-12-28(2)13-15-30/h5-9,16,20H,3-4,10-15,17-18H2,1-2H3,(H2,24,26,27). The second-order valence-electron chi connectivity index (χ2n) is 8.36. The molecule has 31 heavy (non-hydrogen) atoms. The number of hydrogen-bond donors (Lipinski definition) is 2. The second kappa shape index (κ2) is 10.9. The minimum atomic E-state index is 0.403. The van der Waals surface area contributed by atoms with Gasteiger partial charge in [0.05, 0.1) is 6.04 Å². The van der Waals surface area contributed by atoms with Gasteiger partial charge in [0, 0.05) is 63.0 Å². The van der Waals surface area contributed by atoms with Gasteiger partial charge in [0.1, 0.15) is 5.82 Å². The van der Waals surface area contributed by atoms with Crippen LogP contribution in [0, 0.1) is 0 Å². The predicted octanol–water partition coefficient (Wildman–Crippen LogP) is 2.40. The van der Waals surface area contributed by atoms with Crippen LogP contribution in [0.1, 0.15) is 29.3 Å². The minimum absolute atomic E-state index is 0.403. The van der Waals surface area contributed by atoms with E-state index in [-0.39, 0.29) is 0 Å². The minimum Gasteiger partial charge on any atom is -0.354 e. The maximum absolute atomic E-state index is 4.69. The van der Waals surface area contributed by atoms with E-state index in [0.29, 0.717) is 12.6 Å². The van der Waals surface area contributed by atoms with E-state index < -0.39 is 0 Å². The molecule has 2 aliphatic rings. The summed E-state index contributed by atoms with van der Waals surface area (Å²) in [4.78, 5) is 18.0. The first kappa shape index (κ1) is 22.0. The third-order valence-corrected chi connectivity index (χ3v) is 7.23. The molecule has 0 radical (unpaired) electrons. The lowest BCUT2D eigenvalue weighted by Crippen LogP contribution is -2.45. The monoisotopic (exact) mass is 441 g/mol. The van der Waals surface area contributed by atoms with Crippen molar-refractivity contribution in [1.29, 1.82) is 0 Å². The molecule has 2 fully saturated rings. The Morgan fingerprint density at radius 2 is 1.90 bits per heavy atom. The molecule has 1 unspecified atom stereocenters. The lowest BCUT2D eigenvalue weighted by atomic mass is 10.2.